The third-order valence-corrected chi connectivity index (χ3v) is 5.05. The molecule has 2 heterocycles. The zero-order chi connectivity index (χ0) is 22.1. The van der Waals surface area contributed by atoms with Gasteiger partial charge in [-0.2, -0.15) is 0 Å². The molecule has 0 spiro atoms. The van der Waals surface area contributed by atoms with Crippen molar-refractivity contribution in [1.29, 1.82) is 0 Å². The molecule has 31 heavy (non-hydrogen) atoms. The molecule has 3 N–H and O–H groups in total. The van der Waals surface area contributed by atoms with Crippen LogP contribution >= 0.6 is 0 Å². The van der Waals surface area contributed by atoms with Crippen molar-refractivity contribution in [1.82, 2.24) is 4.90 Å². The Balaban J connectivity index is 1.66. The van der Waals surface area contributed by atoms with Crippen molar-refractivity contribution in [3.63, 3.8) is 0 Å². The first-order chi connectivity index (χ1) is 14.9. The highest BCUT2D eigenvalue weighted by Gasteiger charge is 2.34. The van der Waals surface area contributed by atoms with Crippen LogP contribution in [0.25, 0.3) is 0 Å². The number of hydrogen-bond donors (Lipinski definition) is 3. The van der Waals surface area contributed by atoms with E-state index in [-0.39, 0.29) is 42.4 Å². The Bertz CT molecular complexity index is 1120. The summed E-state index contributed by atoms with van der Waals surface area (Å²) in [7, 11) is 1.23. The number of amides is 2. The first-order valence-corrected chi connectivity index (χ1v) is 9.63. The van der Waals surface area contributed by atoms with Crippen LogP contribution in [0.2, 0.25) is 0 Å². The van der Waals surface area contributed by atoms with Crippen LogP contribution in [0.1, 0.15) is 15.9 Å². The van der Waals surface area contributed by atoms with Gasteiger partial charge in [0.1, 0.15) is 11.4 Å². The molecule has 0 radical (unpaired) electrons. The van der Waals surface area contributed by atoms with E-state index >= 15 is 0 Å². The minimum Gasteiger partial charge on any atom is -0.466 e. The van der Waals surface area contributed by atoms with Crippen LogP contribution in [-0.2, 0) is 14.3 Å². The lowest BCUT2D eigenvalue weighted by Crippen LogP contribution is -2.31. The number of β-amino-alcohol motifs (C(OH)–C–C–N with tert-alkyl or cyclic N) is 1. The number of ether oxygens (including phenoxy) is 2. The van der Waals surface area contributed by atoms with Crippen molar-refractivity contribution in [3.05, 3.63) is 58.8 Å². The smallest absolute Gasteiger partial charge is 0.337 e. The molecular formula is C22H21N3O6. The fourth-order valence-corrected chi connectivity index (χ4v) is 3.51. The van der Waals surface area contributed by atoms with Gasteiger partial charge < -0.3 is 30.1 Å². The van der Waals surface area contributed by atoms with Crippen LogP contribution in [0.4, 0.5) is 11.4 Å². The highest BCUT2D eigenvalue weighted by Crippen LogP contribution is 2.37. The molecule has 160 valence electrons. The molecule has 0 saturated heterocycles. The second kappa shape index (κ2) is 8.11. The predicted molar refractivity (Wildman–Crippen MR) is 112 cm³/mol. The molecule has 0 atom stereocenters. The number of aliphatic hydroxyl groups excluding tert-OH is 1. The molecule has 9 heteroatoms. The number of aliphatic hydroxyl groups is 1. The van der Waals surface area contributed by atoms with E-state index in [2.05, 4.69) is 10.6 Å². The van der Waals surface area contributed by atoms with Gasteiger partial charge in [0.25, 0.3) is 11.8 Å². The van der Waals surface area contributed by atoms with Crippen LogP contribution in [0.15, 0.2) is 47.7 Å². The first-order valence-electron chi connectivity index (χ1n) is 9.63. The minimum absolute atomic E-state index is 0.0254. The summed E-state index contributed by atoms with van der Waals surface area (Å²) < 4.78 is 10.7. The second-order valence-electron chi connectivity index (χ2n) is 7.19. The number of methoxy groups -OCH3 is 1. The molecule has 2 aliphatic rings. The lowest BCUT2D eigenvalue weighted by atomic mass is 10.1. The molecule has 2 aromatic rings. The maximum Gasteiger partial charge on any atom is 0.337 e. The normalized spacial score (nSPS) is 15.0. The molecular weight excluding hydrogens is 402 g/mol. The lowest BCUT2D eigenvalue weighted by molar-refractivity contribution is -0.136. The molecule has 2 amide bonds. The monoisotopic (exact) mass is 423 g/mol. The van der Waals surface area contributed by atoms with Crippen LogP contribution < -0.4 is 15.4 Å². The predicted octanol–water partition coefficient (Wildman–Crippen LogP) is 2.03. The average Bonchev–Trinajstić information content (AvgIpc) is 2.97. The van der Waals surface area contributed by atoms with Gasteiger partial charge in [-0.15, -0.1) is 0 Å². The Morgan fingerprint density at radius 1 is 1.23 bits per heavy atom. The molecule has 0 aliphatic carbocycles. The summed E-state index contributed by atoms with van der Waals surface area (Å²) in [4.78, 5) is 39.0. The number of benzene rings is 2. The quantitative estimate of drug-likeness (QED) is 0.630. The van der Waals surface area contributed by atoms with Gasteiger partial charge in [-0.25, -0.2) is 4.79 Å². The zero-order valence-corrected chi connectivity index (χ0v) is 17.0. The Hall–Kier alpha value is -3.85. The Labute approximate surface area is 178 Å². The summed E-state index contributed by atoms with van der Waals surface area (Å²) in [5.41, 5.74) is 2.45. The van der Waals surface area contributed by atoms with Crippen molar-refractivity contribution in [3.8, 4) is 11.5 Å². The fourth-order valence-electron chi connectivity index (χ4n) is 3.51. The van der Waals surface area contributed by atoms with Gasteiger partial charge in [0.15, 0.2) is 5.75 Å². The van der Waals surface area contributed by atoms with Crippen LogP contribution in [-0.4, -0.2) is 54.6 Å². The lowest BCUT2D eigenvalue weighted by Gasteiger charge is -2.15. The third kappa shape index (κ3) is 3.82. The first kappa shape index (κ1) is 20.4. The van der Waals surface area contributed by atoms with Crippen molar-refractivity contribution in [2.24, 2.45) is 0 Å². The Morgan fingerprint density at radius 2 is 2.00 bits per heavy atom. The number of nitrogens with one attached hydrogen (secondary N) is 2. The van der Waals surface area contributed by atoms with Gasteiger partial charge in [0, 0.05) is 12.2 Å². The second-order valence-corrected chi connectivity index (χ2v) is 7.19. The van der Waals surface area contributed by atoms with Gasteiger partial charge in [-0.1, -0.05) is 6.07 Å². The van der Waals surface area contributed by atoms with Crippen molar-refractivity contribution in [2.75, 3.05) is 37.4 Å². The van der Waals surface area contributed by atoms with E-state index in [4.69, 9.17) is 9.47 Å². The number of hydrogen-bond acceptors (Lipinski definition) is 7. The van der Waals surface area contributed by atoms with Crippen LogP contribution in [0.3, 0.4) is 0 Å². The largest absolute Gasteiger partial charge is 0.466 e. The van der Waals surface area contributed by atoms with Crippen molar-refractivity contribution < 1.29 is 29.0 Å². The SMILES string of the molecule is COC(=O)C1=C(Nc2ccc3c(c2)C(=O)Nc2cc(C)ccc2O3)C(=O)N(CCO)C1. The van der Waals surface area contributed by atoms with E-state index in [0.29, 0.717) is 22.9 Å². The van der Waals surface area contributed by atoms with Gasteiger partial charge >= 0.3 is 5.97 Å². The fraction of sp³-hybridized carbons (Fsp3) is 0.227. The standard InChI is InChI=1S/C22H21N3O6/c1-12-3-5-18-16(9-12)24-20(27)14-10-13(4-6-17(14)31-18)23-19-15(22(29)30-2)11-25(7-8-26)21(19)28/h3-6,9-10,23,26H,7-8,11H2,1-2H3,(H,24,27). The molecule has 0 fully saturated rings. The topological polar surface area (TPSA) is 117 Å². The number of rotatable bonds is 5. The maximum absolute atomic E-state index is 12.8. The number of carbonyl (C=O) groups is 3. The van der Waals surface area contributed by atoms with Crippen molar-refractivity contribution >= 4 is 29.2 Å². The Morgan fingerprint density at radius 3 is 2.74 bits per heavy atom. The number of anilines is 2. The van der Waals surface area contributed by atoms with Gasteiger partial charge in [-0.05, 0) is 42.8 Å². The van der Waals surface area contributed by atoms with Crippen molar-refractivity contribution in [2.45, 2.75) is 6.92 Å². The molecule has 0 saturated carbocycles. The summed E-state index contributed by atoms with van der Waals surface area (Å²) in [5.74, 6) is -0.539. The number of aryl methyl sites for hydroxylation is 1. The van der Waals surface area contributed by atoms with E-state index in [9.17, 15) is 19.5 Å². The van der Waals surface area contributed by atoms with E-state index in [0.717, 1.165) is 5.56 Å². The van der Waals surface area contributed by atoms with Gasteiger partial charge in [0.05, 0.1) is 37.1 Å². The number of nitrogens with zero attached hydrogens (tertiary/aromatic N) is 1. The highest BCUT2D eigenvalue weighted by molar-refractivity contribution is 6.10. The minimum atomic E-state index is -0.641. The molecule has 0 bridgehead atoms. The van der Waals surface area contributed by atoms with Gasteiger partial charge in [-0.3, -0.25) is 9.59 Å². The summed E-state index contributed by atoms with van der Waals surface area (Å²) in [6.45, 7) is 1.79. The molecule has 4 rings (SSSR count). The summed E-state index contributed by atoms with van der Waals surface area (Å²) in [6.07, 6.45) is 0. The van der Waals surface area contributed by atoms with E-state index < -0.39 is 11.9 Å². The Kier molecular flexibility index (Phi) is 5.35. The molecule has 0 unspecified atom stereocenters. The van der Waals surface area contributed by atoms with E-state index in [1.54, 1.807) is 24.3 Å². The summed E-state index contributed by atoms with van der Waals surface area (Å²) in [5, 5.41) is 14.9. The van der Waals surface area contributed by atoms with E-state index in [1.807, 2.05) is 19.1 Å². The molecule has 2 aromatic carbocycles. The number of fused-ring (bicyclic) bond motifs is 2. The summed E-state index contributed by atoms with van der Waals surface area (Å²) >= 11 is 0. The molecule has 9 nitrogen and oxygen atoms in total. The molecule has 2 aliphatic heterocycles. The average molecular weight is 423 g/mol. The van der Waals surface area contributed by atoms with Crippen LogP contribution in [0, 0.1) is 6.92 Å². The number of carbonyl (C=O) groups excluding carboxylic acids is 3. The summed E-state index contributed by atoms with van der Waals surface area (Å²) in [6, 6.07) is 10.3. The van der Waals surface area contributed by atoms with Crippen LogP contribution in [0.5, 0.6) is 11.5 Å². The third-order valence-electron chi connectivity index (χ3n) is 5.05. The maximum atomic E-state index is 12.8. The van der Waals surface area contributed by atoms with Gasteiger partial charge in [0.2, 0.25) is 0 Å². The number of esters is 1. The zero-order valence-electron chi connectivity index (χ0n) is 17.0. The van der Waals surface area contributed by atoms with E-state index in [1.165, 1.54) is 12.0 Å². The highest BCUT2D eigenvalue weighted by atomic mass is 16.5. The molecule has 0 aromatic heterocycles.